The van der Waals surface area contributed by atoms with Crippen LogP contribution in [0.25, 0.3) is 0 Å². The number of hydrogen-bond donors (Lipinski definition) is 3. The van der Waals surface area contributed by atoms with Crippen LogP contribution in [0.5, 0.6) is 0 Å². The predicted molar refractivity (Wildman–Crippen MR) is 139 cm³/mol. The summed E-state index contributed by atoms with van der Waals surface area (Å²) in [7, 11) is 5.02. The van der Waals surface area contributed by atoms with Crippen LogP contribution >= 0.6 is 0 Å². The fourth-order valence-corrected chi connectivity index (χ4v) is 5.89. The van der Waals surface area contributed by atoms with E-state index in [9.17, 15) is 18.0 Å². The van der Waals surface area contributed by atoms with E-state index in [1.807, 2.05) is 0 Å². The average Bonchev–Trinajstić information content (AvgIpc) is 3.13. The van der Waals surface area contributed by atoms with E-state index in [2.05, 4.69) is 48.8 Å². The number of ether oxygens (including phenoxy) is 1. The Morgan fingerprint density at radius 2 is 1.86 bits per heavy atom. The molecule has 0 aromatic rings. The summed E-state index contributed by atoms with van der Waals surface area (Å²) in [4.78, 5) is 26.8. The molecule has 0 saturated heterocycles. The van der Waals surface area contributed by atoms with Crippen LogP contribution in [0.1, 0.15) is 71.6 Å². The molecule has 2 fully saturated rings. The second kappa shape index (κ2) is 14.1. The smallest absolute Gasteiger partial charge is 0.475 e. The second-order valence-electron chi connectivity index (χ2n) is 10.3. The number of carbonyl (C=O) groups is 2. The fourth-order valence-electron chi connectivity index (χ4n) is 5.89. The summed E-state index contributed by atoms with van der Waals surface area (Å²) in [5.41, 5.74) is 5.99. The van der Waals surface area contributed by atoms with Crippen molar-refractivity contribution in [1.29, 1.82) is 0 Å². The van der Waals surface area contributed by atoms with Crippen molar-refractivity contribution in [3.63, 3.8) is 0 Å². The Labute approximate surface area is 218 Å². The van der Waals surface area contributed by atoms with Crippen molar-refractivity contribution in [1.82, 2.24) is 5.32 Å². The van der Waals surface area contributed by atoms with Gasteiger partial charge in [0.1, 0.15) is 0 Å². The van der Waals surface area contributed by atoms with E-state index in [4.69, 9.17) is 14.6 Å². The Hall–Kier alpha value is -2.20. The Morgan fingerprint density at radius 3 is 2.30 bits per heavy atom. The van der Waals surface area contributed by atoms with Gasteiger partial charge in [0.15, 0.2) is 5.54 Å². The number of hydrogen-bond acceptors (Lipinski definition) is 5. The molecule has 3 rings (SSSR count). The number of alkyl halides is 3. The molecule has 37 heavy (non-hydrogen) atoms. The van der Waals surface area contributed by atoms with Crippen molar-refractivity contribution in [2.75, 3.05) is 21.2 Å². The van der Waals surface area contributed by atoms with Crippen LogP contribution < -0.4 is 11.1 Å². The van der Waals surface area contributed by atoms with Gasteiger partial charge >= 0.3 is 12.1 Å². The van der Waals surface area contributed by atoms with Crippen LogP contribution in [0.15, 0.2) is 28.3 Å². The van der Waals surface area contributed by atoms with Crippen LogP contribution in [0, 0.1) is 17.3 Å². The maximum Gasteiger partial charge on any atom is 0.490 e. The molecular formula is C27H44F3N3O4. The molecule has 0 aliphatic heterocycles. The Morgan fingerprint density at radius 1 is 1.30 bits per heavy atom. The molecule has 1 amide bonds. The lowest BCUT2D eigenvalue weighted by Crippen LogP contribution is -2.56. The monoisotopic (exact) mass is 531 g/mol. The number of carbonyl (C=O) groups excluding carboxylic acids is 1. The van der Waals surface area contributed by atoms with Crippen molar-refractivity contribution in [3.8, 4) is 0 Å². The van der Waals surface area contributed by atoms with E-state index in [0.29, 0.717) is 12.0 Å². The van der Waals surface area contributed by atoms with Gasteiger partial charge in [-0.25, -0.2) is 4.79 Å². The maximum absolute atomic E-state index is 13.3. The molecule has 0 bridgehead atoms. The largest absolute Gasteiger partial charge is 0.490 e. The number of aliphatic carboxylic acids is 1. The number of amides is 1. The van der Waals surface area contributed by atoms with E-state index in [0.717, 1.165) is 50.0 Å². The van der Waals surface area contributed by atoms with E-state index in [1.54, 1.807) is 14.2 Å². The van der Waals surface area contributed by atoms with Gasteiger partial charge in [0.05, 0.1) is 6.10 Å². The summed E-state index contributed by atoms with van der Waals surface area (Å²) < 4.78 is 37.3. The van der Waals surface area contributed by atoms with Crippen molar-refractivity contribution in [3.05, 3.63) is 23.3 Å². The van der Waals surface area contributed by atoms with Crippen LogP contribution in [0.2, 0.25) is 0 Å². The molecule has 10 heteroatoms. The summed E-state index contributed by atoms with van der Waals surface area (Å²) in [5, 5.41) is 10.1. The number of nitrogens with two attached hydrogens (primary N) is 1. The molecule has 0 aromatic carbocycles. The summed E-state index contributed by atoms with van der Waals surface area (Å²) in [6, 6.07) is 0. The first kappa shape index (κ1) is 32.8. The highest BCUT2D eigenvalue weighted by atomic mass is 19.4. The highest BCUT2D eigenvalue weighted by Crippen LogP contribution is 2.62. The van der Waals surface area contributed by atoms with Crippen molar-refractivity contribution in [2.24, 2.45) is 28.0 Å². The fraction of sp³-hybridized carbons (Fsp3) is 0.741. The van der Waals surface area contributed by atoms with E-state index in [1.165, 1.54) is 31.9 Å². The number of allylic oxidation sites excluding steroid dienone is 2. The molecule has 7 nitrogen and oxygen atoms in total. The molecule has 212 valence electrons. The molecule has 0 heterocycles. The van der Waals surface area contributed by atoms with Crippen molar-refractivity contribution < 1.29 is 32.6 Å². The van der Waals surface area contributed by atoms with Gasteiger partial charge in [-0.15, -0.1) is 0 Å². The van der Waals surface area contributed by atoms with Gasteiger partial charge in [-0.2, -0.15) is 13.2 Å². The minimum absolute atomic E-state index is 0.0100. The first-order valence-electron chi connectivity index (χ1n) is 12.9. The number of likely N-dealkylation sites (N-methyl/N-ethyl adjacent to an activating group) is 1. The van der Waals surface area contributed by atoms with Gasteiger partial charge in [0.2, 0.25) is 0 Å². The topological polar surface area (TPSA) is 114 Å². The van der Waals surface area contributed by atoms with E-state index >= 15 is 0 Å². The SMILES string of the molecule is C=NC1(C(=O)NC)C2=CC(CCCC(C)C)CC=C2CC12CCC(OC)CC2.CN.O=C(O)C(F)(F)F. The summed E-state index contributed by atoms with van der Waals surface area (Å²) >= 11 is 0. The molecule has 3 aliphatic rings. The number of carboxylic acids is 1. The molecular weight excluding hydrogens is 487 g/mol. The maximum atomic E-state index is 13.3. The lowest BCUT2D eigenvalue weighted by molar-refractivity contribution is -0.192. The van der Waals surface area contributed by atoms with Crippen LogP contribution in [0.3, 0.4) is 0 Å². The predicted octanol–water partition coefficient (Wildman–Crippen LogP) is 5.06. The zero-order valence-corrected chi connectivity index (χ0v) is 22.8. The van der Waals surface area contributed by atoms with Gasteiger partial charge in [-0.05, 0) is 81.7 Å². The third-order valence-corrected chi connectivity index (χ3v) is 7.72. The van der Waals surface area contributed by atoms with Crippen LogP contribution in [-0.2, 0) is 14.3 Å². The summed E-state index contributed by atoms with van der Waals surface area (Å²) in [6.07, 6.45) is 9.63. The van der Waals surface area contributed by atoms with Gasteiger partial charge in [0, 0.05) is 19.6 Å². The number of halogens is 3. The van der Waals surface area contributed by atoms with Gasteiger partial charge in [0.25, 0.3) is 5.91 Å². The number of nitrogens with one attached hydrogen (secondary N) is 1. The van der Waals surface area contributed by atoms with Crippen molar-refractivity contribution in [2.45, 2.75) is 89.5 Å². The molecule has 0 radical (unpaired) electrons. The molecule has 3 aliphatic carbocycles. The zero-order valence-electron chi connectivity index (χ0n) is 22.8. The molecule has 4 N–H and O–H groups in total. The number of aliphatic imine (C=N–C) groups is 1. The molecule has 2 unspecified atom stereocenters. The summed E-state index contributed by atoms with van der Waals surface area (Å²) in [6.45, 7) is 8.53. The lowest BCUT2D eigenvalue weighted by Gasteiger charge is -2.46. The van der Waals surface area contributed by atoms with Crippen LogP contribution in [-0.4, -0.2) is 62.7 Å². The van der Waals surface area contributed by atoms with Gasteiger partial charge in [-0.1, -0.05) is 38.8 Å². The lowest BCUT2D eigenvalue weighted by atomic mass is 9.61. The van der Waals surface area contributed by atoms with Gasteiger partial charge < -0.3 is 20.9 Å². The number of fused-ring (bicyclic) bond motifs is 1. The second-order valence-corrected chi connectivity index (χ2v) is 10.3. The number of nitrogens with zero attached hydrogens (tertiary/aromatic N) is 1. The Kier molecular flexibility index (Phi) is 12.5. The summed E-state index contributed by atoms with van der Waals surface area (Å²) in [5.74, 6) is -1.50. The first-order valence-corrected chi connectivity index (χ1v) is 12.9. The van der Waals surface area contributed by atoms with E-state index in [-0.39, 0.29) is 11.3 Å². The normalized spacial score (nSPS) is 28.6. The highest BCUT2D eigenvalue weighted by molar-refractivity contribution is 5.95. The minimum Gasteiger partial charge on any atom is -0.475 e. The third kappa shape index (κ3) is 7.44. The Bertz CT molecular complexity index is 846. The molecule has 2 atom stereocenters. The first-order chi connectivity index (χ1) is 17.4. The minimum atomic E-state index is -5.08. The molecule has 1 spiro atoms. The quantitative estimate of drug-likeness (QED) is 0.398. The van der Waals surface area contributed by atoms with E-state index < -0.39 is 17.7 Å². The number of rotatable bonds is 7. The number of methoxy groups -OCH3 is 1. The molecule has 2 saturated carbocycles. The zero-order chi connectivity index (χ0) is 28.4. The van der Waals surface area contributed by atoms with Crippen molar-refractivity contribution >= 4 is 18.6 Å². The number of carboxylic acid groups (broad SMARTS) is 1. The standard InChI is InChI=1S/C24H38N2O2.C2HF3O2.CH5N/c1-17(2)7-6-8-18-9-10-19-16-23(13-11-20(28-5)12-14-23)24(26-4,21(19)15-18)22(27)25-3;3-2(4,5)1(6)7;1-2/h10,15,17-18,20H,4,6-9,11-14,16H2,1-3,5H3,(H,25,27);(H,6,7);2H2,1H3. The third-order valence-electron chi connectivity index (χ3n) is 7.72. The molecule has 0 aromatic heterocycles. The average molecular weight is 532 g/mol. The van der Waals surface area contributed by atoms with Crippen LogP contribution in [0.4, 0.5) is 13.2 Å². The highest BCUT2D eigenvalue weighted by Gasteiger charge is 2.64. The van der Waals surface area contributed by atoms with Gasteiger partial charge in [-0.3, -0.25) is 9.79 Å². The Balaban J connectivity index is 0.000000659.